The second-order valence-electron chi connectivity index (χ2n) is 4.77. The van der Waals surface area contributed by atoms with Gasteiger partial charge in [-0.1, -0.05) is 12.1 Å². The number of nitrogens with one attached hydrogen (secondary N) is 1. The van der Waals surface area contributed by atoms with Gasteiger partial charge in [0.05, 0.1) is 0 Å². The molecular weight excluding hydrogens is 248 g/mol. The summed E-state index contributed by atoms with van der Waals surface area (Å²) in [7, 11) is 0. The zero-order valence-electron chi connectivity index (χ0n) is 12.6. The minimum absolute atomic E-state index is 0.782. The number of hydrogen-bond acceptors (Lipinski definition) is 4. The minimum atomic E-state index is 0.782. The van der Waals surface area contributed by atoms with Gasteiger partial charge in [-0.2, -0.15) is 0 Å². The van der Waals surface area contributed by atoms with Crippen LogP contribution in [0, 0.1) is 13.8 Å². The lowest BCUT2D eigenvalue weighted by atomic mass is 10.2. The molecular formula is C16H22N4. The molecule has 1 aromatic heterocycles. The van der Waals surface area contributed by atoms with E-state index in [9.17, 15) is 0 Å². The van der Waals surface area contributed by atoms with Crippen LogP contribution in [0.2, 0.25) is 0 Å². The third kappa shape index (κ3) is 3.26. The normalized spacial score (nSPS) is 10.4. The van der Waals surface area contributed by atoms with E-state index in [-0.39, 0.29) is 0 Å². The van der Waals surface area contributed by atoms with Crippen LogP contribution in [0.3, 0.4) is 0 Å². The third-order valence-electron chi connectivity index (χ3n) is 3.09. The zero-order valence-corrected chi connectivity index (χ0v) is 12.6. The maximum atomic E-state index is 4.57. The van der Waals surface area contributed by atoms with Crippen molar-refractivity contribution in [3.05, 3.63) is 41.7 Å². The van der Waals surface area contributed by atoms with E-state index >= 15 is 0 Å². The molecule has 0 saturated heterocycles. The fraction of sp³-hybridized carbons (Fsp3) is 0.375. The SMILES string of the molecule is CCNc1cc(N(CC)c2cccc(C)c2)nc(C)n1. The average molecular weight is 270 g/mol. The van der Waals surface area contributed by atoms with Crippen molar-refractivity contribution in [1.29, 1.82) is 0 Å². The van der Waals surface area contributed by atoms with Crippen molar-refractivity contribution in [3.8, 4) is 0 Å². The van der Waals surface area contributed by atoms with Crippen LogP contribution in [-0.2, 0) is 0 Å². The maximum Gasteiger partial charge on any atom is 0.138 e. The molecule has 0 amide bonds. The Morgan fingerprint density at radius 3 is 2.55 bits per heavy atom. The van der Waals surface area contributed by atoms with Gasteiger partial charge in [-0.05, 0) is 45.4 Å². The number of hydrogen-bond donors (Lipinski definition) is 1. The Morgan fingerprint density at radius 1 is 1.10 bits per heavy atom. The molecule has 0 spiro atoms. The number of nitrogens with zero attached hydrogens (tertiary/aromatic N) is 3. The Labute approximate surface area is 120 Å². The molecule has 0 radical (unpaired) electrons. The molecule has 2 aromatic rings. The third-order valence-corrected chi connectivity index (χ3v) is 3.09. The molecule has 0 aliphatic heterocycles. The van der Waals surface area contributed by atoms with E-state index in [0.29, 0.717) is 0 Å². The molecule has 1 heterocycles. The van der Waals surface area contributed by atoms with Crippen molar-refractivity contribution in [3.63, 3.8) is 0 Å². The number of rotatable bonds is 5. The van der Waals surface area contributed by atoms with Crippen LogP contribution in [-0.4, -0.2) is 23.1 Å². The first-order valence-corrected chi connectivity index (χ1v) is 7.07. The summed E-state index contributed by atoms with van der Waals surface area (Å²) in [6, 6.07) is 10.5. The van der Waals surface area contributed by atoms with E-state index in [0.717, 1.165) is 36.2 Å². The standard InChI is InChI=1S/C16H22N4/c1-5-17-15-11-16(19-13(4)18-15)20(6-2)14-9-7-8-12(3)10-14/h7-11H,5-6H2,1-4H3,(H,17,18,19). The molecule has 4 nitrogen and oxygen atoms in total. The highest BCUT2D eigenvalue weighted by Gasteiger charge is 2.11. The molecule has 0 unspecified atom stereocenters. The highest BCUT2D eigenvalue weighted by atomic mass is 15.2. The van der Waals surface area contributed by atoms with Crippen molar-refractivity contribution >= 4 is 17.3 Å². The Balaban J connectivity index is 2.41. The molecule has 106 valence electrons. The highest BCUT2D eigenvalue weighted by Crippen LogP contribution is 2.25. The van der Waals surface area contributed by atoms with Gasteiger partial charge >= 0.3 is 0 Å². The summed E-state index contributed by atoms with van der Waals surface area (Å²) in [4.78, 5) is 11.2. The average Bonchev–Trinajstić information content (AvgIpc) is 2.39. The first kappa shape index (κ1) is 14.3. The van der Waals surface area contributed by atoms with Gasteiger partial charge in [0, 0.05) is 24.8 Å². The van der Waals surface area contributed by atoms with Crippen molar-refractivity contribution in [2.45, 2.75) is 27.7 Å². The summed E-state index contributed by atoms with van der Waals surface area (Å²) < 4.78 is 0. The summed E-state index contributed by atoms with van der Waals surface area (Å²) in [5.74, 6) is 2.59. The summed E-state index contributed by atoms with van der Waals surface area (Å²) in [6.07, 6.45) is 0. The summed E-state index contributed by atoms with van der Waals surface area (Å²) >= 11 is 0. The van der Waals surface area contributed by atoms with Crippen molar-refractivity contribution in [1.82, 2.24) is 9.97 Å². The molecule has 0 saturated carbocycles. The number of aryl methyl sites for hydroxylation is 2. The van der Waals surface area contributed by atoms with E-state index in [1.165, 1.54) is 5.56 Å². The molecule has 0 bridgehead atoms. The second kappa shape index (κ2) is 6.37. The Bertz CT molecular complexity index is 580. The fourth-order valence-corrected chi connectivity index (χ4v) is 2.23. The smallest absolute Gasteiger partial charge is 0.138 e. The van der Waals surface area contributed by atoms with Crippen molar-refractivity contribution in [2.75, 3.05) is 23.3 Å². The molecule has 1 N–H and O–H groups in total. The van der Waals surface area contributed by atoms with Crippen LogP contribution in [0.15, 0.2) is 30.3 Å². The second-order valence-corrected chi connectivity index (χ2v) is 4.77. The predicted molar refractivity (Wildman–Crippen MR) is 84.8 cm³/mol. The van der Waals surface area contributed by atoms with Gasteiger partial charge in [0.25, 0.3) is 0 Å². The topological polar surface area (TPSA) is 41.0 Å². The lowest BCUT2D eigenvalue weighted by molar-refractivity contribution is 0.948. The molecule has 0 atom stereocenters. The summed E-state index contributed by atoms with van der Waals surface area (Å²) in [6.45, 7) is 9.95. The van der Waals surface area contributed by atoms with Crippen LogP contribution in [0.25, 0.3) is 0 Å². The van der Waals surface area contributed by atoms with Gasteiger partial charge in [-0.15, -0.1) is 0 Å². The van der Waals surface area contributed by atoms with Crippen LogP contribution in [0.1, 0.15) is 25.2 Å². The first-order valence-electron chi connectivity index (χ1n) is 7.07. The Kier molecular flexibility index (Phi) is 4.56. The number of aromatic nitrogens is 2. The number of benzene rings is 1. The predicted octanol–water partition coefficient (Wildman–Crippen LogP) is 3.68. The van der Waals surface area contributed by atoms with E-state index in [1.807, 2.05) is 13.0 Å². The van der Waals surface area contributed by atoms with Gasteiger partial charge in [0.15, 0.2) is 0 Å². The molecule has 4 heteroatoms. The van der Waals surface area contributed by atoms with E-state index in [2.05, 4.69) is 65.2 Å². The van der Waals surface area contributed by atoms with Crippen molar-refractivity contribution < 1.29 is 0 Å². The fourth-order valence-electron chi connectivity index (χ4n) is 2.23. The van der Waals surface area contributed by atoms with Gasteiger partial charge in [0.2, 0.25) is 0 Å². The van der Waals surface area contributed by atoms with Gasteiger partial charge < -0.3 is 10.2 Å². The molecule has 0 fully saturated rings. The molecule has 2 rings (SSSR count). The van der Waals surface area contributed by atoms with Crippen LogP contribution in [0.4, 0.5) is 17.3 Å². The van der Waals surface area contributed by atoms with E-state index in [4.69, 9.17) is 0 Å². The number of anilines is 3. The van der Waals surface area contributed by atoms with E-state index in [1.54, 1.807) is 0 Å². The quantitative estimate of drug-likeness (QED) is 0.899. The molecule has 0 aliphatic rings. The van der Waals surface area contributed by atoms with Crippen LogP contribution < -0.4 is 10.2 Å². The largest absolute Gasteiger partial charge is 0.370 e. The van der Waals surface area contributed by atoms with Crippen LogP contribution >= 0.6 is 0 Å². The lowest BCUT2D eigenvalue weighted by Crippen LogP contribution is -2.18. The molecule has 1 aromatic carbocycles. The molecule has 0 aliphatic carbocycles. The zero-order chi connectivity index (χ0) is 14.5. The van der Waals surface area contributed by atoms with Crippen LogP contribution in [0.5, 0.6) is 0 Å². The van der Waals surface area contributed by atoms with Gasteiger partial charge in [-0.25, -0.2) is 9.97 Å². The van der Waals surface area contributed by atoms with Gasteiger partial charge in [-0.3, -0.25) is 0 Å². The lowest BCUT2D eigenvalue weighted by Gasteiger charge is -2.23. The van der Waals surface area contributed by atoms with E-state index < -0.39 is 0 Å². The minimum Gasteiger partial charge on any atom is -0.370 e. The van der Waals surface area contributed by atoms with Gasteiger partial charge in [0.1, 0.15) is 17.5 Å². The first-order chi connectivity index (χ1) is 9.63. The monoisotopic (exact) mass is 270 g/mol. The van der Waals surface area contributed by atoms with Crippen molar-refractivity contribution in [2.24, 2.45) is 0 Å². The Hall–Kier alpha value is -2.10. The highest BCUT2D eigenvalue weighted by molar-refractivity contribution is 5.63. The summed E-state index contributed by atoms with van der Waals surface area (Å²) in [5, 5.41) is 3.25. The maximum absolute atomic E-state index is 4.57. The Morgan fingerprint density at radius 2 is 1.90 bits per heavy atom. The molecule has 20 heavy (non-hydrogen) atoms. The summed E-state index contributed by atoms with van der Waals surface area (Å²) in [5.41, 5.74) is 2.41.